The molecule has 0 fully saturated rings. The third-order valence-corrected chi connectivity index (χ3v) is 3.21. The minimum absolute atomic E-state index is 0.164. The molecule has 0 spiro atoms. The molecule has 1 aromatic heterocycles. The second kappa shape index (κ2) is 4.93. The maximum Gasteiger partial charge on any atom is 0.416 e. The number of aliphatic hydroxyl groups is 1. The van der Waals surface area contributed by atoms with E-state index in [2.05, 4.69) is 26.2 Å². The molecule has 1 heterocycles. The molecule has 1 aromatic carbocycles. The van der Waals surface area contributed by atoms with Crippen LogP contribution < -0.4 is 0 Å². The molecule has 0 saturated carbocycles. The topological polar surface area (TPSA) is 50.9 Å². The quantitative estimate of drug-likeness (QED) is 0.917. The fraction of sp³-hybridized carbons (Fsp3) is 0.273. The molecule has 19 heavy (non-hydrogen) atoms. The fourth-order valence-corrected chi connectivity index (χ4v) is 2.31. The van der Waals surface area contributed by atoms with Gasteiger partial charge in [0.15, 0.2) is 4.60 Å². The Kier molecular flexibility index (Phi) is 3.64. The molecular weight excluding hydrogens is 327 g/mol. The first kappa shape index (κ1) is 14.0. The highest BCUT2D eigenvalue weighted by Gasteiger charge is 2.36. The summed E-state index contributed by atoms with van der Waals surface area (Å²) < 4.78 is 40.1. The molecule has 0 saturated heterocycles. The van der Waals surface area contributed by atoms with Gasteiger partial charge < -0.3 is 5.11 Å². The zero-order valence-corrected chi connectivity index (χ0v) is 11.3. The van der Waals surface area contributed by atoms with Crippen molar-refractivity contribution in [2.75, 3.05) is 0 Å². The summed E-state index contributed by atoms with van der Waals surface area (Å²) >= 11 is 3.05. The van der Waals surface area contributed by atoms with E-state index >= 15 is 0 Å². The second-order valence-electron chi connectivity index (χ2n) is 3.88. The van der Waals surface area contributed by atoms with E-state index in [1.165, 1.54) is 29.9 Å². The van der Waals surface area contributed by atoms with E-state index in [9.17, 15) is 18.3 Å². The standard InChI is InChI=1S/C11H9BrF3N3O/c1-18-8(10(12)16-17-18)9(19)6-4-2-3-5-7(6)11(13,14)15/h2-5,9,19H,1H3. The maximum absolute atomic E-state index is 12.9. The zero-order valence-electron chi connectivity index (χ0n) is 9.69. The molecule has 2 aromatic rings. The number of aromatic nitrogens is 3. The van der Waals surface area contributed by atoms with Gasteiger partial charge in [-0.15, -0.1) is 5.10 Å². The van der Waals surface area contributed by atoms with Gasteiger partial charge in [0.1, 0.15) is 11.8 Å². The Morgan fingerprint density at radius 1 is 1.32 bits per heavy atom. The normalized spacial score (nSPS) is 13.6. The first-order valence-corrected chi connectivity index (χ1v) is 6.01. The lowest BCUT2D eigenvalue weighted by molar-refractivity contribution is -0.139. The van der Waals surface area contributed by atoms with Crippen LogP contribution in [0.1, 0.15) is 22.9 Å². The van der Waals surface area contributed by atoms with Gasteiger partial charge in [0.05, 0.1) is 5.56 Å². The first-order valence-electron chi connectivity index (χ1n) is 5.21. The van der Waals surface area contributed by atoms with Crippen molar-refractivity contribution in [1.29, 1.82) is 0 Å². The van der Waals surface area contributed by atoms with Crippen molar-refractivity contribution in [3.05, 3.63) is 45.7 Å². The molecule has 0 aliphatic carbocycles. The van der Waals surface area contributed by atoms with Crippen LogP contribution in [-0.2, 0) is 13.2 Å². The van der Waals surface area contributed by atoms with Crippen LogP contribution >= 0.6 is 15.9 Å². The average Bonchev–Trinajstić information content (AvgIpc) is 2.67. The van der Waals surface area contributed by atoms with Crippen LogP contribution in [-0.4, -0.2) is 20.1 Å². The molecule has 1 N–H and O–H groups in total. The van der Waals surface area contributed by atoms with Crippen molar-refractivity contribution in [3.8, 4) is 0 Å². The largest absolute Gasteiger partial charge is 0.416 e. The van der Waals surface area contributed by atoms with Gasteiger partial charge in [-0.1, -0.05) is 23.4 Å². The first-order chi connectivity index (χ1) is 8.82. The van der Waals surface area contributed by atoms with E-state index in [1.54, 1.807) is 0 Å². The number of alkyl halides is 3. The number of benzene rings is 1. The van der Waals surface area contributed by atoms with Gasteiger partial charge in [-0.05, 0) is 27.6 Å². The summed E-state index contributed by atoms with van der Waals surface area (Å²) in [6, 6.07) is 4.87. The monoisotopic (exact) mass is 335 g/mol. The maximum atomic E-state index is 12.9. The lowest BCUT2D eigenvalue weighted by Gasteiger charge is -2.17. The van der Waals surface area contributed by atoms with Gasteiger partial charge in [-0.25, -0.2) is 4.68 Å². The number of hydrogen-bond donors (Lipinski definition) is 1. The van der Waals surface area contributed by atoms with Gasteiger partial charge >= 0.3 is 6.18 Å². The summed E-state index contributed by atoms with van der Waals surface area (Å²) in [5.74, 6) is 0. The third kappa shape index (κ3) is 2.64. The van der Waals surface area contributed by atoms with Crippen LogP contribution in [0, 0.1) is 0 Å². The minimum Gasteiger partial charge on any atom is -0.382 e. The van der Waals surface area contributed by atoms with Gasteiger partial charge in [0.2, 0.25) is 0 Å². The molecular formula is C11H9BrF3N3O. The molecule has 0 aliphatic rings. The summed E-state index contributed by atoms with van der Waals surface area (Å²) in [5, 5.41) is 17.4. The van der Waals surface area contributed by atoms with E-state index in [1.807, 2.05) is 0 Å². The highest BCUT2D eigenvalue weighted by Crippen LogP contribution is 2.37. The third-order valence-electron chi connectivity index (χ3n) is 2.65. The van der Waals surface area contributed by atoms with Gasteiger partial charge in [-0.3, -0.25) is 0 Å². The Labute approximate surface area is 115 Å². The van der Waals surface area contributed by atoms with Crippen LogP contribution in [0.25, 0.3) is 0 Å². The smallest absolute Gasteiger partial charge is 0.382 e. The number of hydrogen-bond acceptors (Lipinski definition) is 3. The molecule has 0 amide bonds. The Balaban J connectivity index is 2.54. The van der Waals surface area contributed by atoms with Gasteiger partial charge in [0, 0.05) is 7.05 Å². The number of aliphatic hydroxyl groups excluding tert-OH is 1. The molecule has 4 nitrogen and oxygen atoms in total. The zero-order chi connectivity index (χ0) is 14.2. The van der Waals surface area contributed by atoms with Crippen molar-refractivity contribution < 1.29 is 18.3 Å². The number of nitrogens with zero attached hydrogens (tertiary/aromatic N) is 3. The summed E-state index contributed by atoms with van der Waals surface area (Å²) in [7, 11) is 1.49. The van der Waals surface area contributed by atoms with E-state index in [0.29, 0.717) is 0 Å². The Morgan fingerprint density at radius 2 is 1.95 bits per heavy atom. The lowest BCUT2D eigenvalue weighted by Crippen LogP contribution is -2.14. The average molecular weight is 336 g/mol. The SMILES string of the molecule is Cn1nnc(Br)c1C(O)c1ccccc1C(F)(F)F. The number of rotatable bonds is 2. The molecule has 1 unspecified atom stereocenters. The van der Waals surface area contributed by atoms with E-state index in [-0.39, 0.29) is 15.9 Å². The van der Waals surface area contributed by atoms with E-state index in [0.717, 1.165) is 6.07 Å². The van der Waals surface area contributed by atoms with Crippen molar-refractivity contribution >= 4 is 15.9 Å². The highest BCUT2D eigenvalue weighted by atomic mass is 79.9. The Bertz CT molecular complexity index is 578. The fourth-order valence-electron chi connectivity index (χ4n) is 1.77. The van der Waals surface area contributed by atoms with Crippen LogP contribution in [0.2, 0.25) is 0 Å². The lowest BCUT2D eigenvalue weighted by atomic mass is 10.00. The van der Waals surface area contributed by atoms with Gasteiger partial charge in [-0.2, -0.15) is 13.2 Å². The molecule has 102 valence electrons. The molecule has 1 atom stereocenters. The number of halogens is 4. The van der Waals surface area contributed by atoms with Gasteiger partial charge in [0.25, 0.3) is 0 Å². The van der Waals surface area contributed by atoms with Crippen LogP contribution in [0.15, 0.2) is 28.9 Å². The minimum atomic E-state index is -4.53. The highest BCUT2D eigenvalue weighted by molar-refractivity contribution is 9.10. The molecule has 0 radical (unpaired) electrons. The number of aryl methyl sites for hydroxylation is 1. The van der Waals surface area contributed by atoms with Crippen molar-refractivity contribution in [2.45, 2.75) is 12.3 Å². The molecule has 0 bridgehead atoms. The van der Waals surface area contributed by atoms with Crippen molar-refractivity contribution in [2.24, 2.45) is 7.05 Å². The predicted molar refractivity (Wildman–Crippen MR) is 64.2 cm³/mol. The Hall–Kier alpha value is -1.41. The predicted octanol–water partition coefficient (Wildman–Crippen LogP) is 2.68. The molecule has 2 rings (SSSR count). The Morgan fingerprint density at radius 3 is 2.47 bits per heavy atom. The van der Waals surface area contributed by atoms with E-state index in [4.69, 9.17) is 0 Å². The summed E-state index contributed by atoms with van der Waals surface area (Å²) in [5.41, 5.74) is -0.951. The summed E-state index contributed by atoms with van der Waals surface area (Å²) in [4.78, 5) is 0. The summed E-state index contributed by atoms with van der Waals surface area (Å²) in [6.07, 6.45) is -6.00. The van der Waals surface area contributed by atoms with Crippen molar-refractivity contribution in [3.63, 3.8) is 0 Å². The van der Waals surface area contributed by atoms with Crippen LogP contribution in [0.3, 0.4) is 0 Å². The van der Waals surface area contributed by atoms with E-state index < -0.39 is 17.8 Å². The molecule has 8 heteroatoms. The second-order valence-corrected chi connectivity index (χ2v) is 4.63. The van der Waals surface area contributed by atoms with Crippen LogP contribution in [0.4, 0.5) is 13.2 Å². The van der Waals surface area contributed by atoms with Crippen molar-refractivity contribution in [1.82, 2.24) is 15.0 Å². The van der Waals surface area contributed by atoms with Crippen LogP contribution in [0.5, 0.6) is 0 Å². The molecule has 0 aliphatic heterocycles. The summed E-state index contributed by atoms with van der Waals surface area (Å²) in [6.45, 7) is 0.